The van der Waals surface area contributed by atoms with Crippen LogP contribution in [0.2, 0.25) is 0 Å². The first kappa shape index (κ1) is 8.51. The number of nitriles is 1. The molecule has 0 aromatic heterocycles. The number of likely N-dealkylation sites (tertiary alicyclic amines) is 1. The fraction of sp³-hybridized carbons (Fsp3) is 0.875. The minimum atomic E-state index is -0.223. The second-order valence-corrected chi connectivity index (χ2v) is 3.17. The molecule has 1 rings (SSSR count). The zero-order valence-corrected chi connectivity index (χ0v) is 6.82. The van der Waals surface area contributed by atoms with Gasteiger partial charge in [-0.2, -0.15) is 5.26 Å². The van der Waals surface area contributed by atoms with Crippen molar-refractivity contribution in [3.05, 3.63) is 0 Å². The largest absolute Gasteiger partial charge is 0.392 e. The average molecular weight is 154 g/mol. The van der Waals surface area contributed by atoms with Gasteiger partial charge in [0.05, 0.1) is 18.7 Å². The molecule has 0 bridgehead atoms. The van der Waals surface area contributed by atoms with Gasteiger partial charge in [0.2, 0.25) is 0 Å². The molecular weight excluding hydrogens is 140 g/mol. The number of hydrogen-bond donors (Lipinski definition) is 1. The summed E-state index contributed by atoms with van der Waals surface area (Å²) in [5.74, 6) is 0. The normalized spacial score (nSPS) is 33.2. The number of hydrogen-bond acceptors (Lipinski definition) is 3. The molecule has 3 nitrogen and oxygen atoms in total. The first-order valence-electron chi connectivity index (χ1n) is 4.03. The molecule has 2 atom stereocenters. The van der Waals surface area contributed by atoms with Gasteiger partial charge in [0.1, 0.15) is 0 Å². The van der Waals surface area contributed by atoms with Gasteiger partial charge in [0.15, 0.2) is 0 Å². The summed E-state index contributed by atoms with van der Waals surface area (Å²) in [6, 6.07) is 2.56. The number of nitrogens with zero attached hydrogens (tertiary/aromatic N) is 2. The zero-order valence-electron chi connectivity index (χ0n) is 6.82. The van der Waals surface area contributed by atoms with E-state index in [1.54, 1.807) is 0 Å². The van der Waals surface area contributed by atoms with E-state index in [1.807, 2.05) is 4.90 Å². The molecule has 0 radical (unpaired) electrons. The SMILES string of the molecule is C[C@H]1CC[C@H](O)CN1CC#N. The highest BCUT2D eigenvalue weighted by Crippen LogP contribution is 2.15. The molecule has 3 heteroatoms. The van der Waals surface area contributed by atoms with E-state index < -0.39 is 0 Å². The number of aliphatic hydroxyl groups is 1. The Labute approximate surface area is 67.2 Å². The van der Waals surface area contributed by atoms with Gasteiger partial charge in [-0.3, -0.25) is 4.90 Å². The van der Waals surface area contributed by atoms with Crippen LogP contribution in [0.15, 0.2) is 0 Å². The maximum Gasteiger partial charge on any atom is 0.0869 e. The van der Waals surface area contributed by atoms with Crippen molar-refractivity contribution in [1.82, 2.24) is 4.90 Å². The van der Waals surface area contributed by atoms with E-state index in [9.17, 15) is 5.11 Å². The van der Waals surface area contributed by atoms with Gasteiger partial charge in [-0.15, -0.1) is 0 Å². The van der Waals surface area contributed by atoms with Gasteiger partial charge in [-0.05, 0) is 19.8 Å². The molecule has 0 unspecified atom stereocenters. The number of piperidine rings is 1. The molecule has 0 saturated carbocycles. The fourth-order valence-electron chi connectivity index (χ4n) is 1.47. The predicted octanol–water partition coefficient (Wildman–Crippen LogP) is 0.355. The first-order valence-corrected chi connectivity index (χ1v) is 4.03. The van der Waals surface area contributed by atoms with Crippen molar-refractivity contribution < 1.29 is 5.11 Å². The molecule has 1 fully saturated rings. The van der Waals surface area contributed by atoms with Crippen LogP contribution in [0.25, 0.3) is 0 Å². The van der Waals surface area contributed by atoms with E-state index >= 15 is 0 Å². The third-order valence-corrected chi connectivity index (χ3v) is 2.26. The van der Waals surface area contributed by atoms with Crippen LogP contribution in [-0.4, -0.2) is 35.2 Å². The molecule has 0 aliphatic carbocycles. The van der Waals surface area contributed by atoms with Crippen LogP contribution in [0.5, 0.6) is 0 Å². The Hall–Kier alpha value is -0.590. The van der Waals surface area contributed by atoms with Crippen molar-refractivity contribution >= 4 is 0 Å². The first-order chi connectivity index (χ1) is 5.24. The van der Waals surface area contributed by atoms with Crippen LogP contribution < -0.4 is 0 Å². The van der Waals surface area contributed by atoms with E-state index in [0.29, 0.717) is 19.1 Å². The number of β-amino-alcohol motifs (C(OH)–C–C–N with tert-alkyl or cyclic N) is 1. The van der Waals surface area contributed by atoms with E-state index in [-0.39, 0.29) is 6.10 Å². The predicted molar refractivity (Wildman–Crippen MR) is 41.9 cm³/mol. The summed E-state index contributed by atoms with van der Waals surface area (Å²) in [6.45, 7) is 3.20. The summed E-state index contributed by atoms with van der Waals surface area (Å²) < 4.78 is 0. The van der Waals surface area contributed by atoms with Crippen molar-refractivity contribution in [3.63, 3.8) is 0 Å². The van der Waals surface area contributed by atoms with Gasteiger partial charge in [0, 0.05) is 12.6 Å². The van der Waals surface area contributed by atoms with Crippen molar-refractivity contribution in [2.75, 3.05) is 13.1 Å². The van der Waals surface area contributed by atoms with Gasteiger partial charge in [0.25, 0.3) is 0 Å². The monoisotopic (exact) mass is 154 g/mol. The van der Waals surface area contributed by atoms with Crippen LogP contribution in [0.1, 0.15) is 19.8 Å². The van der Waals surface area contributed by atoms with Gasteiger partial charge in [-0.25, -0.2) is 0 Å². The summed E-state index contributed by atoms with van der Waals surface area (Å²) in [7, 11) is 0. The van der Waals surface area contributed by atoms with Crippen molar-refractivity contribution in [2.45, 2.75) is 31.9 Å². The minimum Gasteiger partial charge on any atom is -0.392 e. The lowest BCUT2D eigenvalue weighted by atomic mass is 10.0. The summed E-state index contributed by atoms with van der Waals surface area (Å²) in [5, 5.41) is 17.7. The molecular formula is C8H14N2O. The second kappa shape index (κ2) is 3.70. The van der Waals surface area contributed by atoms with Gasteiger partial charge in [-0.1, -0.05) is 0 Å². The zero-order chi connectivity index (χ0) is 8.27. The standard InChI is InChI=1S/C8H14N2O/c1-7-2-3-8(11)6-10(7)5-4-9/h7-8,11H,2-3,5-6H2,1H3/t7-,8-/m0/s1. The Kier molecular flexibility index (Phi) is 2.86. The third kappa shape index (κ3) is 2.18. The molecule has 0 aromatic carbocycles. The molecule has 0 spiro atoms. The van der Waals surface area contributed by atoms with E-state index in [2.05, 4.69) is 13.0 Å². The Balaban J connectivity index is 2.42. The highest BCUT2D eigenvalue weighted by Gasteiger charge is 2.22. The number of rotatable bonds is 1. The van der Waals surface area contributed by atoms with Crippen LogP contribution in [-0.2, 0) is 0 Å². The average Bonchev–Trinajstić information content (AvgIpc) is 1.98. The Morgan fingerprint density at radius 3 is 3.00 bits per heavy atom. The Morgan fingerprint density at radius 1 is 1.64 bits per heavy atom. The molecule has 1 aliphatic heterocycles. The fourth-order valence-corrected chi connectivity index (χ4v) is 1.47. The Morgan fingerprint density at radius 2 is 2.36 bits per heavy atom. The lowest BCUT2D eigenvalue weighted by Gasteiger charge is -2.33. The molecule has 1 aliphatic rings. The summed E-state index contributed by atoms with van der Waals surface area (Å²) in [5.41, 5.74) is 0. The van der Waals surface area contributed by atoms with E-state index in [0.717, 1.165) is 12.8 Å². The molecule has 1 N–H and O–H groups in total. The van der Waals surface area contributed by atoms with Crippen LogP contribution in [0.4, 0.5) is 0 Å². The molecule has 1 heterocycles. The van der Waals surface area contributed by atoms with E-state index in [4.69, 9.17) is 5.26 Å². The summed E-state index contributed by atoms with van der Waals surface area (Å²) in [6.07, 6.45) is 1.66. The Bertz CT molecular complexity index is 164. The summed E-state index contributed by atoms with van der Waals surface area (Å²) in [4.78, 5) is 2.02. The quantitative estimate of drug-likeness (QED) is 0.554. The summed E-state index contributed by atoms with van der Waals surface area (Å²) >= 11 is 0. The van der Waals surface area contributed by atoms with Gasteiger partial charge >= 0.3 is 0 Å². The highest BCUT2D eigenvalue weighted by molar-refractivity contribution is 4.85. The van der Waals surface area contributed by atoms with Crippen LogP contribution in [0, 0.1) is 11.3 Å². The van der Waals surface area contributed by atoms with Crippen molar-refractivity contribution in [2.24, 2.45) is 0 Å². The molecule has 0 aromatic rings. The smallest absolute Gasteiger partial charge is 0.0869 e. The number of aliphatic hydroxyl groups excluding tert-OH is 1. The molecule has 11 heavy (non-hydrogen) atoms. The lowest BCUT2D eigenvalue weighted by Crippen LogP contribution is -2.44. The molecule has 1 saturated heterocycles. The highest BCUT2D eigenvalue weighted by atomic mass is 16.3. The van der Waals surface area contributed by atoms with E-state index in [1.165, 1.54) is 0 Å². The maximum absolute atomic E-state index is 9.27. The molecule has 62 valence electrons. The minimum absolute atomic E-state index is 0.223. The van der Waals surface area contributed by atoms with Crippen LogP contribution in [0.3, 0.4) is 0 Å². The molecule has 0 amide bonds. The van der Waals surface area contributed by atoms with Gasteiger partial charge < -0.3 is 5.11 Å². The second-order valence-electron chi connectivity index (χ2n) is 3.17. The maximum atomic E-state index is 9.27. The topological polar surface area (TPSA) is 47.3 Å². The van der Waals surface area contributed by atoms with Crippen LogP contribution >= 0.6 is 0 Å². The third-order valence-electron chi connectivity index (χ3n) is 2.26. The van der Waals surface area contributed by atoms with Crippen molar-refractivity contribution in [3.8, 4) is 6.07 Å². The van der Waals surface area contributed by atoms with Crippen molar-refractivity contribution in [1.29, 1.82) is 5.26 Å². The lowest BCUT2D eigenvalue weighted by molar-refractivity contribution is 0.0491.